The maximum atomic E-state index is 12.0. The molecule has 0 radical (unpaired) electrons. The lowest BCUT2D eigenvalue weighted by Gasteiger charge is -2.34. The lowest BCUT2D eigenvalue weighted by atomic mass is 9.70. The van der Waals surface area contributed by atoms with Gasteiger partial charge in [-0.05, 0) is 43.6 Å². The van der Waals surface area contributed by atoms with Crippen molar-refractivity contribution in [3.63, 3.8) is 0 Å². The fraction of sp³-hybridized carbons (Fsp3) is 0.875. The molecule has 0 fully saturated rings. The summed E-state index contributed by atoms with van der Waals surface area (Å²) in [6.07, 6.45) is 19.2. The molecule has 2 nitrogen and oxygen atoms in total. The van der Waals surface area contributed by atoms with Crippen molar-refractivity contribution in [2.24, 2.45) is 5.41 Å². The number of unbranched alkanes of at least 4 members (excludes halogenated alkanes) is 11. The molecule has 0 saturated carbocycles. The second-order valence-electron chi connectivity index (χ2n) is 8.90. The van der Waals surface area contributed by atoms with Crippen LogP contribution in [0.3, 0.4) is 0 Å². The first-order valence-corrected chi connectivity index (χ1v) is 11.2. The minimum absolute atomic E-state index is 0.238. The maximum absolute atomic E-state index is 12.0. The zero-order valence-corrected chi connectivity index (χ0v) is 18.1. The van der Waals surface area contributed by atoms with Crippen molar-refractivity contribution in [2.75, 3.05) is 13.7 Å². The van der Waals surface area contributed by atoms with Crippen LogP contribution in [0.2, 0.25) is 0 Å². The maximum Gasteiger partial charge on any atom is 0.158 e. The summed E-state index contributed by atoms with van der Waals surface area (Å²) in [6, 6.07) is 0. The van der Waals surface area contributed by atoms with Crippen LogP contribution in [0.4, 0.5) is 0 Å². The Labute approximate surface area is 163 Å². The van der Waals surface area contributed by atoms with Gasteiger partial charge in [-0.2, -0.15) is 0 Å². The Hall–Kier alpha value is -0.630. The molecule has 0 spiro atoms. The van der Waals surface area contributed by atoms with Crippen LogP contribution in [-0.2, 0) is 9.53 Å². The summed E-state index contributed by atoms with van der Waals surface area (Å²) in [5, 5.41) is 0. The number of rotatable bonds is 15. The van der Waals surface area contributed by atoms with Gasteiger partial charge in [0.15, 0.2) is 5.78 Å². The SMILES string of the molecule is COCCCCCCCCCCCCCCC1=C(C)C(=O)CCC1(C)C. The molecule has 26 heavy (non-hydrogen) atoms. The normalized spacial score (nSPS) is 17.2. The van der Waals surface area contributed by atoms with Crippen molar-refractivity contribution in [3.05, 3.63) is 11.1 Å². The molecule has 152 valence electrons. The minimum atomic E-state index is 0.238. The van der Waals surface area contributed by atoms with E-state index in [0.29, 0.717) is 5.78 Å². The quantitative estimate of drug-likeness (QED) is 0.283. The van der Waals surface area contributed by atoms with Crippen molar-refractivity contribution in [3.8, 4) is 0 Å². The third-order valence-corrected chi connectivity index (χ3v) is 6.19. The highest BCUT2D eigenvalue weighted by atomic mass is 16.5. The van der Waals surface area contributed by atoms with Crippen LogP contribution in [0, 0.1) is 5.41 Å². The van der Waals surface area contributed by atoms with Crippen molar-refractivity contribution >= 4 is 5.78 Å². The highest BCUT2D eigenvalue weighted by Gasteiger charge is 2.31. The molecular formula is C24H44O2. The van der Waals surface area contributed by atoms with Crippen LogP contribution < -0.4 is 0 Å². The number of ketones is 1. The molecule has 0 amide bonds. The minimum Gasteiger partial charge on any atom is -0.385 e. The van der Waals surface area contributed by atoms with Crippen LogP contribution in [0.5, 0.6) is 0 Å². The van der Waals surface area contributed by atoms with E-state index in [9.17, 15) is 4.79 Å². The average molecular weight is 365 g/mol. The van der Waals surface area contributed by atoms with Gasteiger partial charge in [0.2, 0.25) is 0 Å². The Morgan fingerprint density at radius 2 is 1.27 bits per heavy atom. The molecule has 0 saturated heterocycles. The summed E-state index contributed by atoms with van der Waals surface area (Å²) < 4.78 is 5.08. The van der Waals surface area contributed by atoms with Crippen LogP contribution in [0.15, 0.2) is 11.1 Å². The predicted octanol–water partition coefficient (Wildman–Crippen LogP) is 7.41. The first-order valence-electron chi connectivity index (χ1n) is 11.2. The Bertz CT molecular complexity index is 420. The molecule has 0 aromatic carbocycles. The lowest BCUT2D eigenvalue weighted by Crippen LogP contribution is -2.25. The standard InChI is InChI=1S/C24H44O2/c1-21-22(24(2,3)19-18-23(21)25)17-15-13-11-9-7-5-6-8-10-12-14-16-20-26-4/h5-20H2,1-4H3. The monoisotopic (exact) mass is 364 g/mol. The van der Waals surface area contributed by atoms with Gasteiger partial charge >= 0.3 is 0 Å². The number of methoxy groups -OCH3 is 1. The second-order valence-corrected chi connectivity index (χ2v) is 8.90. The molecule has 1 aliphatic carbocycles. The smallest absolute Gasteiger partial charge is 0.158 e. The van der Waals surface area contributed by atoms with Crippen LogP contribution >= 0.6 is 0 Å². The average Bonchev–Trinajstić information content (AvgIpc) is 2.61. The fourth-order valence-electron chi connectivity index (χ4n) is 4.28. The third kappa shape index (κ3) is 9.35. The molecular weight excluding hydrogens is 320 g/mol. The number of Topliss-reactive ketones (excluding diaryl/α,β-unsaturated/α-hetero) is 1. The summed E-state index contributed by atoms with van der Waals surface area (Å²) in [6.45, 7) is 7.60. The lowest BCUT2D eigenvalue weighted by molar-refractivity contribution is -0.116. The third-order valence-electron chi connectivity index (χ3n) is 6.19. The molecule has 0 aromatic heterocycles. The van der Waals surface area contributed by atoms with Gasteiger partial charge in [0.1, 0.15) is 0 Å². The summed E-state index contributed by atoms with van der Waals surface area (Å²) in [4.78, 5) is 12.0. The van der Waals surface area contributed by atoms with Gasteiger partial charge in [-0.25, -0.2) is 0 Å². The van der Waals surface area contributed by atoms with Crippen molar-refractivity contribution in [2.45, 2.75) is 117 Å². The zero-order valence-electron chi connectivity index (χ0n) is 18.1. The van der Waals surface area contributed by atoms with E-state index in [1.165, 1.54) is 82.6 Å². The van der Waals surface area contributed by atoms with Crippen LogP contribution in [-0.4, -0.2) is 19.5 Å². The van der Waals surface area contributed by atoms with Gasteiger partial charge in [-0.15, -0.1) is 0 Å². The largest absolute Gasteiger partial charge is 0.385 e. The number of carbonyl (C=O) groups excluding carboxylic acids is 1. The summed E-state index contributed by atoms with van der Waals surface area (Å²) in [5.74, 6) is 0.387. The number of carbonyl (C=O) groups is 1. The molecule has 0 bridgehead atoms. The Morgan fingerprint density at radius 1 is 0.808 bits per heavy atom. The Balaban J connectivity index is 1.96. The molecule has 0 unspecified atom stereocenters. The van der Waals surface area contributed by atoms with E-state index in [-0.39, 0.29) is 5.41 Å². The van der Waals surface area contributed by atoms with Gasteiger partial charge < -0.3 is 4.74 Å². The van der Waals surface area contributed by atoms with Crippen molar-refractivity contribution < 1.29 is 9.53 Å². The molecule has 2 heteroatoms. The van der Waals surface area contributed by atoms with Crippen LogP contribution in [0.25, 0.3) is 0 Å². The van der Waals surface area contributed by atoms with Gasteiger partial charge in [-0.3, -0.25) is 4.79 Å². The molecule has 0 atom stereocenters. The first kappa shape index (κ1) is 23.4. The van der Waals surface area contributed by atoms with E-state index in [4.69, 9.17) is 4.74 Å². The number of hydrogen-bond acceptors (Lipinski definition) is 2. The van der Waals surface area contributed by atoms with Gasteiger partial charge in [0.25, 0.3) is 0 Å². The first-order chi connectivity index (χ1) is 12.5. The number of ether oxygens (including phenoxy) is 1. The van der Waals surface area contributed by atoms with Crippen LogP contribution in [0.1, 0.15) is 117 Å². The molecule has 0 aromatic rings. The summed E-state index contributed by atoms with van der Waals surface area (Å²) in [7, 11) is 1.79. The molecule has 1 aliphatic rings. The highest BCUT2D eigenvalue weighted by molar-refractivity contribution is 5.96. The second kappa shape index (κ2) is 13.5. The molecule has 1 rings (SSSR count). The van der Waals surface area contributed by atoms with E-state index in [1.807, 2.05) is 0 Å². The summed E-state index contributed by atoms with van der Waals surface area (Å²) in [5.41, 5.74) is 2.75. The Morgan fingerprint density at radius 3 is 1.77 bits per heavy atom. The van der Waals surface area contributed by atoms with Crippen molar-refractivity contribution in [1.82, 2.24) is 0 Å². The molecule has 0 heterocycles. The van der Waals surface area contributed by atoms with E-state index < -0.39 is 0 Å². The molecule has 0 N–H and O–H groups in total. The van der Waals surface area contributed by atoms with Gasteiger partial charge in [-0.1, -0.05) is 83.6 Å². The van der Waals surface area contributed by atoms with E-state index in [1.54, 1.807) is 7.11 Å². The van der Waals surface area contributed by atoms with Crippen molar-refractivity contribution in [1.29, 1.82) is 0 Å². The predicted molar refractivity (Wildman–Crippen MR) is 113 cm³/mol. The van der Waals surface area contributed by atoms with Gasteiger partial charge in [0, 0.05) is 20.1 Å². The van der Waals surface area contributed by atoms with E-state index >= 15 is 0 Å². The van der Waals surface area contributed by atoms with Gasteiger partial charge in [0.05, 0.1) is 0 Å². The fourth-order valence-corrected chi connectivity index (χ4v) is 4.28. The van der Waals surface area contributed by atoms with E-state index in [0.717, 1.165) is 31.4 Å². The molecule has 0 aliphatic heterocycles. The zero-order chi connectivity index (χ0) is 19.3. The Kier molecular flexibility index (Phi) is 12.2. The topological polar surface area (TPSA) is 26.3 Å². The number of allylic oxidation sites excluding steroid dienone is 2. The number of hydrogen-bond donors (Lipinski definition) is 0. The summed E-state index contributed by atoms with van der Waals surface area (Å²) >= 11 is 0. The highest BCUT2D eigenvalue weighted by Crippen LogP contribution is 2.41. The van der Waals surface area contributed by atoms with E-state index in [2.05, 4.69) is 20.8 Å².